The van der Waals surface area contributed by atoms with E-state index in [1.165, 1.54) is 12.1 Å². The molecular formula is C15H20F3N. The lowest BCUT2D eigenvalue weighted by Gasteiger charge is -2.35. The van der Waals surface area contributed by atoms with Crippen molar-refractivity contribution in [2.24, 2.45) is 5.41 Å². The zero-order valence-electron chi connectivity index (χ0n) is 11.3. The summed E-state index contributed by atoms with van der Waals surface area (Å²) in [5.41, 5.74) is 0.582. The van der Waals surface area contributed by atoms with Gasteiger partial charge in [-0.3, -0.25) is 0 Å². The maximum Gasteiger partial charge on any atom is 0.416 e. The highest BCUT2D eigenvalue weighted by Crippen LogP contribution is 2.36. The van der Waals surface area contributed by atoms with E-state index in [1.807, 2.05) is 0 Å². The summed E-state index contributed by atoms with van der Waals surface area (Å²) in [6, 6.07) is 5.68. The van der Waals surface area contributed by atoms with Gasteiger partial charge in [-0.2, -0.15) is 13.2 Å². The number of benzene rings is 1. The fourth-order valence-electron chi connectivity index (χ4n) is 2.53. The van der Waals surface area contributed by atoms with Gasteiger partial charge in [0.15, 0.2) is 0 Å². The Morgan fingerprint density at radius 1 is 1.05 bits per heavy atom. The number of halogens is 3. The van der Waals surface area contributed by atoms with Gasteiger partial charge >= 0.3 is 6.18 Å². The van der Waals surface area contributed by atoms with Crippen molar-refractivity contribution in [2.45, 2.75) is 51.7 Å². The van der Waals surface area contributed by atoms with Crippen LogP contribution in [0.5, 0.6) is 0 Å². The molecule has 2 rings (SSSR count). The van der Waals surface area contributed by atoms with Crippen LogP contribution in [0.15, 0.2) is 24.3 Å². The quantitative estimate of drug-likeness (QED) is 0.790. The van der Waals surface area contributed by atoms with Gasteiger partial charge < -0.3 is 5.32 Å². The van der Waals surface area contributed by atoms with Crippen LogP contribution in [0.4, 0.5) is 18.9 Å². The first-order valence-corrected chi connectivity index (χ1v) is 6.70. The first kappa shape index (κ1) is 14.2. The SMILES string of the molecule is CC1(C)CCC(Nc2ccc(C(F)(F)F)cc2)CC1. The zero-order valence-corrected chi connectivity index (χ0v) is 11.3. The molecule has 0 aromatic heterocycles. The highest BCUT2D eigenvalue weighted by Gasteiger charge is 2.30. The Morgan fingerprint density at radius 2 is 1.58 bits per heavy atom. The van der Waals surface area contributed by atoms with Gasteiger partial charge in [-0.05, 0) is 55.4 Å². The molecule has 1 saturated carbocycles. The lowest BCUT2D eigenvalue weighted by molar-refractivity contribution is -0.137. The normalized spacial score (nSPS) is 20.3. The van der Waals surface area contributed by atoms with Gasteiger partial charge in [0.25, 0.3) is 0 Å². The van der Waals surface area contributed by atoms with Crippen molar-refractivity contribution >= 4 is 5.69 Å². The zero-order chi connectivity index (χ0) is 14.1. The molecule has 1 aliphatic rings. The van der Waals surface area contributed by atoms with Gasteiger partial charge in [0, 0.05) is 11.7 Å². The minimum absolute atomic E-state index is 0.379. The lowest BCUT2D eigenvalue weighted by Crippen LogP contribution is -2.29. The Labute approximate surface area is 112 Å². The molecule has 0 saturated heterocycles. The number of anilines is 1. The van der Waals surface area contributed by atoms with Gasteiger partial charge in [0.1, 0.15) is 0 Å². The second-order valence-corrected chi connectivity index (χ2v) is 6.16. The van der Waals surface area contributed by atoms with Gasteiger partial charge in [-0.1, -0.05) is 13.8 Å². The topological polar surface area (TPSA) is 12.0 Å². The van der Waals surface area contributed by atoms with Crippen molar-refractivity contribution < 1.29 is 13.2 Å². The molecule has 1 nitrogen and oxygen atoms in total. The summed E-state index contributed by atoms with van der Waals surface area (Å²) < 4.78 is 37.3. The predicted octanol–water partition coefficient (Wildman–Crippen LogP) is 5.09. The van der Waals surface area contributed by atoms with Crippen molar-refractivity contribution in [3.63, 3.8) is 0 Å². The number of hydrogen-bond acceptors (Lipinski definition) is 1. The van der Waals surface area contributed by atoms with E-state index >= 15 is 0 Å². The van der Waals surface area contributed by atoms with E-state index in [1.54, 1.807) is 0 Å². The molecule has 0 heterocycles. The molecule has 0 aliphatic heterocycles. The number of rotatable bonds is 2. The second kappa shape index (κ2) is 5.06. The Kier molecular flexibility index (Phi) is 3.79. The third-order valence-corrected chi connectivity index (χ3v) is 3.92. The molecule has 1 aliphatic carbocycles. The molecule has 0 radical (unpaired) electrons. The maximum atomic E-state index is 12.4. The van der Waals surface area contributed by atoms with Crippen molar-refractivity contribution in [3.8, 4) is 0 Å². The van der Waals surface area contributed by atoms with Crippen LogP contribution >= 0.6 is 0 Å². The summed E-state index contributed by atoms with van der Waals surface area (Å²) in [6.45, 7) is 4.53. The van der Waals surface area contributed by atoms with Crippen LogP contribution in [0.1, 0.15) is 45.1 Å². The van der Waals surface area contributed by atoms with E-state index in [4.69, 9.17) is 0 Å². The Bertz CT molecular complexity index is 410. The molecule has 0 bridgehead atoms. The minimum Gasteiger partial charge on any atom is -0.382 e. The van der Waals surface area contributed by atoms with Crippen molar-refractivity contribution in [2.75, 3.05) is 5.32 Å². The van der Waals surface area contributed by atoms with Crippen LogP contribution in [0, 0.1) is 5.41 Å². The number of alkyl halides is 3. The van der Waals surface area contributed by atoms with Crippen molar-refractivity contribution in [1.29, 1.82) is 0 Å². The fraction of sp³-hybridized carbons (Fsp3) is 0.600. The van der Waals surface area contributed by atoms with Crippen LogP contribution in [-0.2, 0) is 6.18 Å². The van der Waals surface area contributed by atoms with Gasteiger partial charge in [-0.25, -0.2) is 0 Å². The standard InChI is InChI=1S/C15H20F3N/c1-14(2)9-7-13(8-10-14)19-12-5-3-11(4-6-12)15(16,17)18/h3-6,13,19H,7-10H2,1-2H3. The van der Waals surface area contributed by atoms with E-state index < -0.39 is 11.7 Å². The molecule has 4 heteroatoms. The van der Waals surface area contributed by atoms with Crippen LogP contribution in [-0.4, -0.2) is 6.04 Å². The largest absolute Gasteiger partial charge is 0.416 e. The molecule has 106 valence electrons. The summed E-state index contributed by atoms with van der Waals surface area (Å²) >= 11 is 0. The molecule has 1 aromatic carbocycles. The maximum absolute atomic E-state index is 12.4. The summed E-state index contributed by atoms with van der Waals surface area (Å²) in [6.07, 6.45) is 0.214. The summed E-state index contributed by atoms with van der Waals surface area (Å²) in [5.74, 6) is 0. The summed E-state index contributed by atoms with van der Waals surface area (Å²) in [5, 5.41) is 3.33. The Hall–Kier alpha value is -1.19. The summed E-state index contributed by atoms with van der Waals surface area (Å²) in [7, 11) is 0. The van der Waals surface area contributed by atoms with E-state index in [0.717, 1.165) is 43.5 Å². The summed E-state index contributed by atoms with van der Waals surface area (Å²) in [4.78, 5) is 0. The first-order chi connectivity index (χ1) is 8.76. The molecule has 0 spiro atoms. The van der Waals surface area contributed by atoms with Gasteiger partial charge in [0.05, 0.1) is 5.56 Å². The average molecular weight is 271 g/mol. The van der Waals surface area contributed by atoms with Crippen LogP contribution in [0.2, 0.25) is 0 Å². The smallest absolute Gasteiger partial charge is 0.382 e. The highest BCUT2D eigenvalue weighted by molar-refractivity contribution is 5.46. The number of hydrogen-bond donors (Lipinski definition) is 1. The van der Waals surface area contributed by atoms with Gasteiger partial charge in [0.2, 0.25) is 0 Å². The van der Waals surface area contributed by atoms with Crippen molar-refractivity contribution in [3.05, 3.63) is 29.8 Å². The fourth-order valence-corrected chi connectivity index (χ4v) is 2.53. The third-order valence-electron chi connectivity index (χ3n) is 3.92. The van der Waals surface area contributed by atoms with Crippen LogP contribution in [0.3, 0.4) is 0 Å². The Morgan fingerprint density at radius 3 is 2.05 bits per heavy atom. The van der Waals surface area contributed by atoms with Crippen LogP contribution in [0.25, 0.3) is 0 Å². The lowest BCUT2D eigenvalue weighted by atomic mass is 9.75. The molecule has 1 fully saturated rings. The average Bonchev–Trinajstić information content (AvgIpc) is 2.31. The van der Waals surface area contributed by atoms with E-state index in [0.29, 0.717) is 11.5 Å². The third kappa shape index (κ3) is 3.88. The Balaban J connectivity index is 1.94. The molecule has 1 N–H and O–H groups in total. The molecular weight excluding hydrogens is 251 g/mol. The van der Waals surface area contributed by atoms with E-state index in [9.17, 15) is 13.2 Å². The molecule has 0 unspecified atom stereocenters. The van der Waals surface area contributed by atoms with Crippen molar-refractivity contribution in [1.82, 2.24) is 0 Å². The molecule has 0 atom stereocenters. The van der Waals surface area contributed by atoms with E-state index in [-0.39, 0.29) is 0 Å². The van der Waals surface area contributed by atoms with E-state index in [2.05, 4.69) is 19.2 Å². The van der Waals surface area contributed by atoms with Gasteiger partial charge in [-0.15, -0.1) is 0 Å². The number of nitrogens with one attached hydrogen (secondary N) is 1. The highest BCUT2D eigenvalue weighted by atomic mass is 19.4. The molecule has 1 aromatic rings. The molecule has 19 heavy (non-hydrogen) atoms. The predicted molar refractivity (Wildman–Crippen MR) is 71.1 cm³/mol. The molecule has 0 amide bonds. The second-order valence-electron chi connectivity index (χ2n) is 6.16. The van der Waals surface area contributed by atoms with Crippen LogP contribution < -0.4 is 5.32 Å². The first-order valence-electron chi connectivity index (χ1n) is 6.70. The minimum atomic E-state index is -4.26. The monoisotopic (exact) mass is 271 g/mol.